The van der Waals surface area contributed by atoms with Crippen molar-refractivity contribution in [2.75, 3.05) is 6.61 Å². The third kappa shape index (κ3) is 6.34. The molecule has 0 saturated heterocycles. The Morgan fingerprint density at radius 3 is 2.34 bits per heavy atom. The molecular weight excluding hydrogens is 436 g/mol. The number of rotatable bonds is 10. The minimum absolute atomic E-state index is 0.170. The molecule has 180 valence electrons. The van der Waals surface area contributed by atoms with E-state index in [0.29, 0.717) is 23.0 Å². The van der Waals surface area contributed by atoms with E-state index < -0.39 is 5.97 Å². The Labute approximate surface area is 207 Å². The van der Waals surface area contributed by atoms with Crippen LogP contribution in [0.4, 0.5) is 0 Å². The molecule has 1 unspecified atom stereocenters. The second-order valence-corrected chi connectivity index (χ2v) is 8.99. The van der Waals surface area contributed by atoms with Crippen molar-refractivity contribution in [2.24, 2.45) is 0 Å². The molecule has 1 aliphatic rings. The first-order chi connectivity index (χ1) is 17.1. The highest BCUT2D eigenvalue weighted by Crippen LogP contribution is 2.29. The standard InChI is InChI=1S/C31H32O4/c1-3-5-6-19-34-29-18-15-26-20-25(11-12-27(26)21-29)22-7-9-24(10-8-22)31(33)35-28-16-13-23(14-17-28)30(32)4-2/h4,7-14,16-17,20,29H,2-3,5-6,15,18-19,21H2,1H3. The fourth-order valence-electron chi connectivity index (χ4n) is 4.42. The van der Waals surface area contributed by atoms with Gasteiger partial charge >= 0.3 is 5.97 Å². The molecule has 4 nitrogen and oxygen atoms in total. The monoisotopic (exact) mass is 468 g/mol. The van der Waals surface area contributed by atoms with Crippen molar-refractivity contribution >= 4 is 11.8 Å². The number of carbonyl (C=O) groups excluding carboxylic acids is 2. The average molecular weight is 469 g/mol. The number of ether oxygens (including phenoxy) is 2. The van der Waals surface area contributed by atoms with Crippen molar-refractivity contribution in [2.45, 2.75) is 51.6 Å². The molecule has 4 rings (SSSR count). The molecule has 4 heteroatoms. The molecule has 0 amide bonds. The fourth-order valence-corrected chi connectivity index (χ4v) is 4.42. The lowest BCUT2D eigenvalue weighted by Gasteiger charge is -2.25. The number of ketones is 1. The number of esters is 1. The number of benzene rings is 3. The SMILES string of the molecule is C=CC(=O)c1ccc(OC(=O)c2ccc(-c3ccc4c(c3)CCC(OCCCCC)C4)cc2)cc1. The van der Waals surface area contributed by atoms with Crippen LogP contribution >= 0.6 is 0 Å². The van der Waals surface area contributed by atoms with Crippen LogP contribution in [0.1, 0.15) is 64.4 Å². The average Bonchev–Trinajstić information content (AvgIpc) is 2.91. The molecule has 0 saturated carbocycles. The molecule has 0 bridgehead atoms. The van der Waals surface area contributed by atoms with E-state index in [1.807, 2.05) is 12.1 Å². The summed E-state index contributed by atoms with van der Waals surface area (Å²) in [5.41, 5.74) is 5.95. The van der Waals surface area contributed by atoms with Gasteiger partial charge < -0.3 is 9.47 Å². The normalized spacial score (nSPS) is 14.7. The fraction of sp³-hybridized carbons (Fsp3) is 0.290. The number of fused-ring (bicyclic) bond motifs is 1. The largest absolute Gasteiger partial charge is 0.423 e. The van der Waals surface area contributed by atoms with E-state index in [4.69, 9.17) is 9.47 Å². The van der Waals surface area contributed by atoms with E-state index in [2.05, 4.69) is 31.7 Å². The molecule has 3 aromatic rings. The van der Waals surface area contributed by atoms with Gasteiger partial charge in [-0.25, -0.2) is 4.79 Å². The van der Waals surface area contributed by atoms with Gasteiger partial charge in [0.15, 0.2) is 5.78 Å². The molecule has 0 spiro atoms. The van der Waals surface area contributed by atoms with Crippen LogP contribution < -0.4 is 4.74 Å². The van der Waals surface area contributed by atoms with Crippen LogP contribution in [0.5, 0.6) is 5.75 Å². The van der Waals surface area contributed by atoms with Gasteiger partial charge in [0.25, 0.3) is 0 Å². The minimum atomic E-state index is -0.435. The summed E-state index contributed by atoms with van der Waals surface area (Å²) in [4.78, 5) is 24.2. The van der Waals surface area contributed by atoms with Crippen LogP contribution in [0.3, 0.4) is 0 Å². The zero-order valence-corrected chi connectivity index (χ0v) is 20.3. The van der Waals surface area contributed by atoms with Gasteiger partial charge in [-0.1, -0.05) is 56.7 Å². The summed E-state index contributed by atoms with van der Waals surface area (Å²) >= 11 is 0. The summed E-state index contributed by atoms with van der Waals surface area (Å²) < 4.78 is 11.5. The lowest BCUT2D eigenvalue weighted by atomic mass is 9.87. The Hall–Kier alpha value is -3.50. The van der Waals surface area contributed by atoms with Crippen LogP contribution in [0.15, 0.2) is 79.4 Å². The van der Waals surface area contributed by atoms with E-state index in [1.54, 1.807) is 36.4 Å². The molecular formula is C31H32O4. The Morgan fingerprint density at radius 1 is 0.914 bits per heavy atom. The number of allylic oxidation sites excluding steroid dienone is 1. The van der Waals surface area contributed by atoms with Gasteiger partial charge in [-0.05, 0) is 90.4 Å². The van der Waals surface area contributed by atoms with Gasteiger partial charge in [0.1, 0.15) is 5.75 Å². The maximum Gasteiger partial charge on any atom is 0.343 e. The van der Waals surface area contributed by atoms with Crippen LogP contribution in [-0.2, 0) is 17.6 Å². The first-order valence-corrected chi connectivity index (χ1v) is 12.4. The smallest absolute Gasteiger partial charge is 0.343 e. The van der Waals surface area contributed by atoms with Crippen molar-refractivity contribution in [1.82, 2.24) is 0 Å². The van der Waals surface area contributed by atoms with Crippen LogP contribution in [-0.4, -0.2) is 24.5 Å². The molecule has 1 aliphatic carbocycles. The van der Waals surface area contributed by atoms with Gasteiger partial charge in [-0.15, -0.1) is 0 Å². The van der Waals surface area contributed by atoms with Crippen LogP contribution in [0.25, 0.3) is 11.1 Å². The van der Waals surface area contributed by atoms with E-state index in [1.165, 1.54) is 30.0 Å². The van der Waals surface area contributed by atoms with Gasteiger partial charge in [-0.3, -0.25) is 4.79 Å². The number of carbonyl (C=O) groups is 2. The van der Waals surface area contributed by atoms with Crippen molar-refractivity contribution in [1.29, 1.82) is 0 Å². The molecule has 35 heavy (non-hydrogen) atoms. The second-order valence-electron chi connectivity index (χ2n) is 8.99. The zero-order chi connectivity index (χ0) is 24.6. The third-order valence-electron chi connectivity index (χ3n) is 6.48. The quantitative estimate of drug-likeness (QED) is 0.106. The Bertz CT molecular complexity index is 1180. The van der Waals surface area contributed by atoms with Gasteiger partial charge in [0, 0.05) is 12.2 Å². The number of hydrogen-bond donors (Lipinski definition) is 0. The topological polar surface area (TPSA) is 52.6 Å². The van der Waals surface area contributed by atoms with E-state index in [-0.39, 0.29) is 5.78 Å². The second kappa shape index (κ2) is 11.8. The molecule has 0 heterocycles. The molecule has 0 fully saturated rings. The van der Waals surface area contributed by atoms with Crippen LogP contribution in [0.2, 0.25) is 0 Å². The molecule has 1 atom stereocenters. The third-order valence-corrected chi connectivity index (χ3v) is 6.48. The van der Waals surface area contributed by atoms with Crippen LogP contribution in [0, 0.1) is 0 Å². The molecule has 0 N–H and O–H groups in total. The Kier molecular flexibility index (Phi) is 8.27. The molecule has 3 aromatic carbocycles. The summed E-state index contributed by atoms with van der Waals surface area (Å²) in [5.74, 6) is -0.215. The van der Waals surface area contributed by atoms with Crippen molar-refractivity contribution in [3.63, 3.8) is 0 Å². The van der Waals surface area contributed by atoms with Gasteiger partial charge in [0.2, 0.25) is 0 Å². The predicted molar refractivity (Wildman–Crippen MR) is 139 cm³/mol. The first-order valence-electron chi connectivity index (χ1n) is 12.4. The summed E-state index contributed by atoms with van der Waals surface area (Å²) in [6.07, 6.45) is 8.25. The number of aryl methyl sites for hydroxylation is 1. The molecule has 0 radical (unpaired) electrons. The summed E-state index contributed by atoms with van der Waals surface area (Å²) in [7, 11) is 0. The summed E-state index contributed by atoms with van der Waals surface area (Å²) in [6, 6.07) is 20.6. The van der Waals surface area contributed by atoms with Gasteiger partial charge in [0.05, 0.1) is 11.7 Å². The summed E-state index contributed by atoms with van der Waals surface area (Å²) in [6.45, 7) is 6.55. The summed E-state index contributed by atoms with van der Waals surface area (Å²) in [5, 5.41) is 0. The maximum absolute atomic E-state index is 12.6. The highest BCUT2D eigenvalue weighted by molar-refractivity contribution is 6.04. The highest BCUT2D eigenvalue weighted by atomic mass is 16.5. The lowest BCUT2D eigenvalue weighted by molar-refractivity contribution is 0.0419. The number of hydrogen-bond acceptors (Lipinski definition) is 4. The number of unbranched alkanes of at least 4 members (excludes halogenated alkanes) is 2. The Morgan fingerprint density at radius 2 is 1.63 bits per heavy atom. The van der Waals surface area contributed by atoms with E-state index in [0.717, 1.165) is 43.4 Å². The highest BCUT2D eigenvalue weighted by Gasteiger charge is 2.19. The Balaban J connectivity index is 1.37. The molecule has 0 aliphatic heterocycles. The zero-order valence-electron chi connectivity index (χ0n) is 20.3. The predicted octanol–water partition coefficient (Wildman–Crippen LogP) is 7.01. The first kappa shape index (κ1) is 24.6. The van der Waals surface area contributed by atoms with Crippen molar-refractivity contribution in [3.05, 3.63) is 102 Å². The maximum atomic E-state index is 12.6. The molecule has 0 aromatic heterocycles. The minimum Gasteiger partial charge on any atom is -0.423 e. The van der Waals surface area contributed by atoms with Crippen molar-refractivity contribution < 1.29 is 19.1 Å². The lowest BCUT2D eigenvalue weighted by Crippen LogP contribution is -2.23. The van der Waals surface area contributed by atoms with E-state index in [9.17, 15) is 9.59 Å². The van der Waals surface area contributed by atoms with Gasteiger partial charge in [-0.2, -0.15) is 0 Å². The van der Waals surface area contributed by atoms with E-state index >= 15 is 0 Å². The van der Waals surface area contributed by atoms with Crippen molar-refractivity contribution in [3.8, 4) is 16.9 Å².